The lowest BCUT2D eigenvalue weighted by atomic mass is 9.83. The number of rotatable bonds is 6. The number of alkyl halides is 3. The molecule has 1 heterocycles. The van der Waals surface area contributed by atoms with Gasteiger partial charge in [-0.3, -0.25) is 4.79 Å². The topological polar surface area (TPSA) is 95.1 Å². The van der Waals surface area contributed by atoms with Gasteiger partial charge in [0.2, 0.25) is 0 Å². The van der Waals surface area contributed by atoms with Crippen molar-refractivity contribution < 1.29 is 18.0 Å². The van der Waals surface area contributed by atoms with E-state index in [1.54, 1.807) is 24.3 Å². The highest BCUT2D eigenvalue weighted by Gasteiger charge is 2.36. The normalized spacial score (nSPS) is 13.6. The molecule has 0 atom stereocenters. The van der Waals surface area contributed by atoms with E-state index in [9.17, 15) is 18.0 Å². The number of hydrogen-bond donors (Lipinski definition) is 3. The molecule has 0 saturated heterocycles. The SMILES string of the molecule is CC(=N)c1c(N)cc(C(F)(F)F)c2nc(-c3ccc(C(=O)NCCN(C)C)cc3)c3c(c12)CCCC3. The number of aryl methyl sites for hydroxylation is 1. The van der Waals surface area contributed by atoms with Crippen LogP contribution in [-0.4, -0.2) is 48.7 Å². The fourth-order valence-corrected chi connectivity index (χ4v) is 4.86. The Bertz CT molecular complexity index is 1330. The number of likely N-dealkylation sites (N-methyl/N-ethyl adjacent to an activating group) is 1. The van der Waals surface area contributed by atoms with Crippen LogP contribution in [0, 0.1) is 5.41 Å². The van der Waals surface area contributed by atoms with E-state index in [1.165, 1.54) is 6.92 Å². The Balaban J connectivity index is 1.88. The molecule has 1 aliphatic rings. The number of hydrogen-bond acceptors (Lipinski definition) is 5. The molecular formula is C27H30F3N5O. The first kappa shape index (κ1) is 25.6. The molecule has 4 rings (SSSR count). The molecule has 36 heavy (non-hydrogen) atoms. The van der Waals surface area contributed by atoms with Gasteiger partial charge in [0.1, 0.15) is 0 Å². The monoisotopic (exact) mass is 497 g/mol. The van der Waals surface area contributed by atoms with Crippen LogP contribution in [0.15, 0.2) is 30.3 Å². The summed E-state index contributed by atoms with van der Waals surface area (Å²) in [7, 11) is 3.84. The first-order chi connectivity index (χ1) is 17.0. The van der Waals surface area contributed by atoms with Crippen LogP contribution in [0.25, 0.3) is 22.2 Å². The van der Waals surface area contributed by atoms with Crippen molar-refractivity contribution in [2.45, 2.75) is 38.8 Å². The van der Waals surface area contributed by atoms with Gasteiger partial charge in [-0.1, -0.05) is 12.1 Å². The molecule has 2 aromatic carbocycles. The minimum atomic E-state index is -4.65. The van der Waals surface area contributed by atoms with Crippen LogP contribution in [0.4, 0.5) is 18.9 Å². The van der Waals surface area contributed by atoms with Crippen LogP contribution in [0.3, 0.4) is 0 Å². The van der Waals surface area contributed by atoms with Crippen molar-refractivity contribution in [3.8, 4) is 11.3 Å². The van der Waals surface area contributed by atoms with E-state index in [0.717, 1.165) is 30.0 Å². The van der Waals surface area contributed by atoms with Gasteiger partial charge < -0.3 is 21.4 Å². The summed E-state index contributed by atoms with van der Waals surface area (Å²) in [4.78, 5) is 19.0. The molecule has 4 N–H and O–H groups in total. The molecular weight excluding hydrogens is 467 g/mol. The average Bonchev–Trinajstić information content (AvgIpc) is 2.82. The van der Waals surface area contributed by atoms with Gasteiger partial charge in [0.25, 0.3) is 5.91 Å². The zero-order chi connectivity index (χ0) is 26.2. The number of carbonyl (C=O) groups excluding carboxylic acids is 1. The molecule has 0 fully saturated rings. The number of pyridine rings is 1. The Kier molecular flexibility index (Phi) is 7.04. The number of nitrogens with one attached hydrogen (secondary N) is 2. The van der Waals surface area contributed by atoms with E-state index in [-0.39, 0.29) is 22.8 Å². The van der Waals surface area contributed by atoms with Gasteiger partial charge in [0.15, 0.2) is 0 Å². The minimum absolute atomic E-state index is 0.0609. The van der Waals surface area contributed by atoms with Gasteiger partial charge in [0.05, 0.1) is 16.8 Å². The molecule has 3 aromatic rings. The van der Waals surface area contributed by atoms with E-state index in [2.05, 4.69) is 10.3 Å². The Hall–Kier alpha value is -3.46. The summed E-state index contributed by atoms with van der Waals surface area (Å²) in [5.41, 5.74) is 8.62. The molecule has 0 aliphatic heterocycles. The Morgan fingerprint density at radius 3 is 2.36 bits per heavy atom. The van der Waals surface area contributed by atoms with E-state index in [4.69, 9.17) is 11.1 Å². The molecule has 1 amide bonds. The predicted octanol–water partition coefficient (Wildman–Crippen LogP) is 5.06. The summed E-state index contributed by atoms with van der Waals surface area (Å²) in [6, 6.07) is 7.70. The van der Waals surface area contributed by atoms with Gasteiger partial charge >= 0.3 is 6.18 Å². The number of amides is 1. The van der Waals surface area contributed by atoms with Crippen LogP contribution >= 0.6 is 0 Å². The number of anilines is 1. The first-order valence-electron chi connectivity index (χ1n) is 11.9. The maximum absolute atomic E-state index is 14.1. The van der Waals surface area contributed by atoms with Crippen molar-refractivity contribution in [1.82, 2.24) is 15.2 Å². The summed E-state index contributed by atoms with van der Waals surface area (Å²) in [5.74, 6) is -0.210. The maximum atomic E-state index is 14.1. The second kappa shape index (κ2) is 9.89. The molecule has 0 spiro atoms. The molecule has 0 radical (unpaired) electrons. The smallest absolute Gasteiger partial charge is 0.398 e. The van der Waals surface area contributed by atoms with Crippen molar-refractivity contribution >= 4 is 28.2 Å². The van der Waals surface area contributed by atoms with Gasteiger partial charge in [-0.15, -0.1) is 0 Å². The summed E-state index contributed by atoms with van der Waals surface area (Å²) in [6.07, 6.45) is -1.65. The van der Waals surface area contributed by atoms with Crippen LogP contribution in [0.1, 0.15) is 52.4 Å². The largest absolute Gasteiger partial charge is 0.418 e. The quantitative estimate of drug-likeness (QED) is 0.328. The number of nitrogen functional groups attached to an aromatic ring is 1. The number of benzene rings is 2. The second-order valence-corrected chi connectivity index (χ2v) is 9.50. The van der Waals surface area contributed by atoms with Gasteiger partial charge in [0, 0.05) is 46.6 Å². The Morgan fingerprint density at radius 1 is 1.14 bits per heavy atom. The third kappa shape index (κ3) is 4.93. The number of carbonyl (C=O) groups is 1. The lowest BCUT2D eigenvalue weighted by molar-refractivity contribution is -0.136. The van der Waals surface area contributed by atoms with Gasteiger partial charge in [-0.2, -0.15) is 13.2 Å². The third-order valence-corrected chi connectivity index (χ3v) is 6.55. The summed E-state index contributed by atoms with van der Waals surface area (Å²) >= 11 is 0. The van der Waals surface area contributed by atoms with Crippen molar-refractivity contribution in [2.75, 3.05) is 32.9 Å². The third-order valence-electron chi connectivity index (χ3n) is 6.55. The van der Waals surface area contributed by atoms with Gasteiger partial charge in [-0.05, 0) is 76.0 Å². The van der Waals surface area contributed by atoms with Crippen molar-refractivity contribution in [3.63, 3.8) is 0 Å². The van der Waals surface area contributed by atoms with Crippen LogP contribution < -0.4 is 11.1 Å². The molecule has 0 unspecified atom stereocenters. The van der Waals surface area contributed by atoms with Crippen molar-refractivity contribution in [2.24, 2.45) is 0 Å². The summed E-state index contributed by atoms with van der Waals surface area (Å²) < 4.78 is 42.3. The predicted molar refractivity (Wildman–Crippen MR) is 137 cm³/mol. The highest BCUT2D eigenvalue weighted by atomic mass is 19.4. The lowest BCUT2D eigenvalue weighted by Crippen LogP contribution is -2.31. The molecule has 6 nitrogen and oxygen atoms in total. The molecule has 0 bridgehead atoms. The van der Waals surface area contributed by atoms with E-state index in [0.29, 0.717) is 53.7 Å². The molecule has 0 saturated carbocycles. The van der Waals surface area contributed by atoms with Gasteiger partial charge in [-0.25, -0.2) is 4.98 Å². The number of halogens is 3. The maximum Gasteiger partial charge on any atom is 0.418 e. The molecule has 1 aromatic heterocycles. The minimum Gasteiger partial charge on any atom is -0.398 e. The van der Waals surface area contributed by atoms with Crippen molar-refractivity contribution in [1.29, 1.82) is 5.41 Å². The van der Waals surface area contributed by atoms with E-state index >= 15 is 0 Å². The second-order valence-electron chi connectivity index (χ2n) is 9.50. The van der Waals surface area contributed by atoms with E-state index in [1.807, 2.05) is 19.0 Å². The summed E-state index contributed by atoms with van der Waals surface area (Å²) in [5, 5.41) is 11.4. The number of aromatic nitrogens is 1. The zero-order valence-corrected chi connectivity index (χ0v) is 20.6. The average molecular weight is 498 g/mol. The molecule has 9 heteroatoms. The zero-order valence-electron chi connectivity index (χ0n) is 20.6. The molecule has 190 valence electrons. The van der Waals surface area contributed by atoms with Crippen LogP contribution in [-0.2, 0) is 19.0 Å². The molecule has 1 aliphatic carbocycles. The van der Waals surface area contributed by atoms with Crippen LogP contribution in [0.2, 0.25) is 0 Å². The fraction of sp³-hybridized carbons (Fsp3) is 0.370. The standard InChI is InChI=1S/C27H30F3N5O/c1-15(31)22-21(32)14-20(27(28,29)30)25-23(22)18-6-4-5-7-19(18)24(34-25)16-8-10-17(11-9-16)26(36)33-12-13-35(2)3/h8-11,14,31H,4-7,12-13,32H2,1-3H3,(H,33,36). The first-order valence-corrected chi connectivity index (χ1v) is 11.9. The van der Waals surface area contributed by atoms with Crippen molar-refractivity contribution in [3.05, 3.63) is 58.1 Å². The highest BCUT2D eigenvalue weighted by molar-refractivity contribution is 6.14. The fourth-order valence-electron chi connectivity index (χ4n) is 4.86. The summed E-state index contributed by atoms with van der Waals surface area (Å²) in [6.45, 7) is 2.75. The number of nitrogens with two attached hydrogens (primary N) is 1. The number of fused-ring (bicyclic) bond motifs is 3. The van der Waals surface area contributed by atoms with Crippen LogP contribution in [0.5, 0.6) is 0 Å². The van der Waals surface area contributed by atoms with E-state index < -0.39 is 11.7 Å². The highest BCUT2D eigenvalue weighted by Crippen LogP contribution is 2.43. The Labute approximate surface area is 208 Å². The number of nitrogens with zero attached hydrogens (tertiary/aromatic N) is 2. The Morgan fingerprint density at radius 2 is 1.78 bits per heavy atom. The lowest BCUT2D eigenvalue weighted by Gasteiger charge is -2.25.